The maximum absolute atomic E-state index is 12.7. The highest BCUT2D eigenvalue weighted by molar-refractivity contribution is 7.99. The summed E-state index contributed by atoms with van der Waals surface area (Å²) in [7, 11) is 5.99. The molecule has 1 aliphatic heterocycles. The van der Waals surface area contributed by atoms with Gasteiger partial charge in [0.25, 0.3) is 5.91 Å². The van der Waals surface area contributed by atoms with Gasteiger partial charge in [-0.2, -0.15) is 0 Å². The number of carbonyl (C=O) groups excluding carboxylic acids is 1. The van der Waals surface area contributed by atoms with Crippen LogP contribution in [0.1, 0.15) is 21.5 Å². The van der Waals surface area contributed by atoms with E-state index < -0.39 is 0 Å². The van der Waals surface area contributed by atoms with Gasteiger partial charge in [-0.1, -0.05) is 24.3 Å². The summed E-state index contributed by atoms with van der Waals surface area (Å²) in [5.74, 6) is 1.10. The van der Waals surface area contributed by atoms with Gasteiger partial charge in [-0.25, -0.2) is 0 Å². The van der Waals surface area contributed by atoms with E-state index in [-0.39, 0.29) is 5.91 Å². The molecular weight excluding hydrogens is 330 g/mol. The van der Waals surface area contributed by atoms with Crippen molar-refractivity contribution in [3.05, 3.63) is 59.2 Å². The van der Waals surface area contributed by atoms with Crippen LogP contribution >= 0.6 is 11.8 Å². The molecule has 0 aliphatic carbocycles. The van der Waals surface area contributed by atoms with Crippen molar-refractivity contribution < 1.29 is 4.79 Å². The predicted molar refractivity (Wildman–Crippen MR) is 105 cm³/mol. The Morgan fingerprint density at radius 3 is 2.40 bits per heavy atom. The number of nitrogens with one attached hydrogen (secondary N) is 1. The summed E-state index contributed by atoms with van der Waals surface area (Å²) in [5, 5.41) is 3.37. The third kappa shape index (κ3) is 4.55. The van der Waals surface area contributed by atoms with E-state index >= 15 is 0 Å². The summed E-state index contributed by atoms with van der Waals surface area (Å²) < 4.78 is 0. The van der Waals surface area contributed by atoms with Gasteiger partial charge in [-0.05, 0) is 43.4 Å². The molecule has 0 spiro atoms. The maximum atomic E-state index is 12.7. The number of benzene rings is 2. The smallest absolute Gasteiger partial charge is 0.253 e. The van der Waals surface area contributed by atoms with Gasteiger partial charge >= 0.3 is 0 Å². The van der Waals surface area contributed by atoms with E-state index in [0.717, 1.165) is 35.7 Å². The van der Waals surface area contributed by atoms with Crippen LogP contribution in [0.3, 0.4) is 0 Å². The average molecular weight is 356 g/mol. The molecule has 0 saturated heterocycles. The number of thioether (sulfide) groups is 1. The van der Waals surface area contributed by atoms with Crippen molar-refractivity contribution in [3.63, 3.8) is 0 Å². The molecule has 2 aromatic carbocycles. The average Bonchev–Trinajstić information content (AvgIpc) is 2.62. The lowest BCUT2D eigenvalue weighted by Gasteiger charge is -2.21. The van der Waals surface area contributed by atoms with Crippen LogP contribution in [0, 0.1) is 0 Å². The van der Waals surface area contributed by atoms with Gasteiger partial charge in [0.2, 0.25) is 0 Å². The van der Waals surface area contributed by atoms with Crippen LogP contribution < -0.4 is 5.32 Å². The van der Waals surface area contributed by atoms with E-state index in [1.807, 2.05) is 25.2 Å². The zero-order chi connectivity index (χ0) is 17.8. The van der Waals surface area contributed by atoms with Crippen molar-refractivity contribution in [2.75, 3.05) is 38.8 Å². The fraction of sp³-hybridized carbons (Fsp3) is 0.350. The van der Waals surface area contributed by atoms with Gasteiger partial charge < -0.3 is 15.1 Å². The monoisotopic (exact) mass is 355 g/mol. The molecule has 25 heavy (non-hydrogen) atoms. The summed E-state index contributed by atoms with van der Waals surface area (Å²) in [6.45, 7) is 2.52. The fourth-order valence-corrected chi connectivity index (χ4v) is 3.88. The number of carbonyl (C=O) groups is 1. The number of anilines is 1. The molecule has 1 amide bonds. The standard InChI is InChI=1S/C20H25N3OS/c1-22(2)13-15-4-6-16(7-5-15)14-23(3)20(24)17-8-9-18-19(12-17)25-11-10-21-18/h4-9,12,21H,10-11,13-14H2,1-3H3. The molecule has 0 unspecified atom stereocenters. The van der Waals surface area contributed by atoms with E-state index in [4.69, 9.17) is 0 Å². The van der Waals surface area contributed by atoms with E-state index in [1.165, 1.54) is 10.5 Å². The first kappa shape index (κ1) is 17.8. The Bertz CT molecular complexity index is 743. The van der Waals surface area contributed by atoms with Gasteiger partial charge in [-0.15, -0.1) is 11.8 Å². The Morgan fingerprint density at radius 1 is 1.04 bits per heavy atom. The van der Waals surface area contributed by atoms with Crippen LogP contribution in [0.25, 0.3) is 0 Å². The largest absolute Gasteiger partial charge is 0.383 e. The summed E-state index contributed by atoms with van der Waals surface area (Å²) in [6.07, 6.45) is 0. The second-order valence-corrected chi connectivity index (χ2v) is 7.84. The van der Waals surface area contributed by atoms with Crippen molar-refractivity contribution >= 4 is 23.4 Å². The molecule has 0 radical (unpaired) electrons. The molecule has 0 aromatic heterocycles. The van der Waals surface area contributed by atoms with Gasteiger partial charge in [0, 0.05) is 48.6 Å². The molecule has 4 nitrogen and oxygen atoms in total. The highest BCUT2D eigenvalue weighted by atomic mass is 32.2. The van der Waals surface area contributed by atoms with Crippen molar-refractivity contribution in [2.45, 2.75) is 18.0 Å². The molecule has 1 heterocycles. The highest BCUT2D eigenvalue weighted by Crippen LogP contribution is 2.31. The fourth-order valence-electron chi connectivity index (χ4n) is 2.95. The Morgan fingerprint density at radius 2 is 1.72 bits per heavy atom. The van der Waals surface area contributed by atoms with Crippen molar-refractivity contribution in [1.29, 1.82) is 0 Å². The molecular formula is C20H25N3OS. The van der Waals surface area contributed by atoms with E-state index in [2.05, 4.69) is 48.6 Å². The van der Waals surface area contributed by atoms with Crippen LogP contribution in [0.5, 0.6) is 0 Å². The van der Waals surface area contributed by atoms with Crippen molar-refractivity contribution in [2.24, 2.45) is 0 Å². The third-order valence-corrected chi connectivity index (χ3v) is 5.25. The summed E-state index contributed by atoms with van der Waals surface area (Å²) in [4.78, 5) is 17.8. The molecule has 2 aromatic rings. The molecule has 1 N–H and O–H groups in total. The van der Waals surface area contributed by atoms with Crippen LogP contribution in [-0.2, 0) is 13.1 Å². The Hall–Kier alpha value is -1.98. The number of fused-ring (bicyclic) bond motifs is 1. The van der Waals surface area contributed by atoms with Crippen molar-refractivity contribution in [1.82, 2.24) is 9.80 Å². The van der Waals surface area contributed by atoms with Gasteiger partial charge in [0.15, 0.2) is 0 Å². The minimum Gasteiger partial charge on any atom is -0.383 e. The lowest BCUT2D eigenvalue weighted by molar-refractivity contribution is 0.0785. The highest BCUT2D eigenvalue weighted by Gasteiger charge is 2.16. The van der Waals surface area contributed by atoms with Crippen molar-refractivity contribution in [3.8, 4) is 0 Å². The molecule has 0 bridgehead atoms. The van der Waals surface area contributed by atoms with Crippen LogP contribution in [0.4, 0.5) is 5.69 Å². The Kier molecular flexibility index (Phi) is 5.66. The third-order valence-electron chi connectivity index (χ3n) is 4.19. The van der Waals surface area contributed by atoms with Gasteiger partial charge in [0.05, 0.1) is 0 Å². The van der Waals surface area contributed by atoms with Crippen LogP contribution in [-0.4, -0.2) is 49.1 Å². The van der Waals surface area contributed by atoms with E-state index in [0.29, 0.717) is 6.54 Å². The number of rotatable bonds is 5. The second kappa shape index (κ2) is 7.93. The Labute approximate surface area is 154 Å². The molecule has 0 fully saturated rings. The first-order chi connectivity index (χ1) is 12.0. The molecule has 0 saturated carbocycles. The quantitative estimate of drug-likeness (QED) is 0.890. The van der Waals surface area contributed by atoms with E-state index in [1.54, 1.807) is 16.7 Å². The maximum Gasteiger partial charge on any atom is 0.253 e. The first-order valence-corrected chi connectivity index (χ1v) is 9.50. The molecule has 1 aliphatic rings. The molecule has 132 valence electrons. The zero-order valence-electron chi connectivity index (χ0n) is 15.1. The van der Waals surface area contributed by atoms with Crippen LogP contribution in [0.15, 0.2) is 47.4 Å². The number of hydrogen-bond donors (Lipinski definition) is 1. The Balaban J connectivity index is 1.66. The minimum absolute atomic E-state index is 0.0614. The number of hydrogen-bond acceptors (Lipinski definition) is 4. The lowest BCUT2D eigenvalue weighted by Crippen LogP contribution is -2.26. The minimum atomic E-state index is 0.0614. The van der Waals surface area contributed by atoms with Gasteiger partial charge in [0.1, 0.15) is 0 Å². The SMILES string of the molecule is CN(C)Cc1ccc(CN(C)C(=O)c2ccc3c(c2)SCCN3)cc1. The topological polar surface area (TPSA) is 35.6 Å². The molecule has 0 atom stereocenters. The van der Waals surface area contributed by atoms with Crippen LogP contribution in [0.2, 0.25) is 0 Å². The zero-order valence-corrected chi connectivity index (χ0v) is 15.9. The first-order valence-electron chi connectivity index (χ1n) is 8.51. The molecule has 3 rings (SSSR count). The number of nitrogens with zero attached hydrogens (tertiary/aromatic N) is 2. The second-order valence-electron chi connectivity index (χ2n) is 6.70. The predicted octanol–water partition coefficient (Wildman–Crippen LogP) is 3.54. The summed E-state index contributed by atoms with van der Waals surface area (Å²) in [5.41, 5.74) is 4.31. The summed E-state index contributed by atoms with van der Waals surface area (Å²) >= 11 is 1.81. The lowest BCUT2D eigenvalue weighted by atomic mass is 10.1. The van der Waals surface area contributed by atoms with Gasteiger partial charge in [-0.3, -0.25) is 4.79 Å². The molecule has 5 heteroatoms. The van der Waals surface area contributed by atoms with E-state index in [9.17, 15) is 4.79 Å². The number of amides is 1. The normalized spacial score (nSPS) is 13.3. The summed E-state index contributed by atoms with van der Waals surface area (Å²) in [6, 6.07) is 14.4.